The first kappa shape index (κ1) is 22.4. The number of ether oxygens (including phenoxy) is 1. The highest BCUT2D eigenvalue weighted by Crippen LogP contribution is 2.28. The summed E-state index contributed by atoms with van der Waals surface area (Å²) in [6.07, 6.45) is 2.84. The van der Waals surface area contributed by atoms with Gasteiger partial charge in [-0.2, -0.15) is 0 Å². The van der Waals surface area contributed by atoms with Gasteiger partial charge in [-0.05, 0) is 35.9 Å². The molecule has 0 bridgehead atoms. The third-order valence-corrected chi connectivity index (χ3v) is 5.42. The van der Waals surface area contributed by atoms with Gasteiger partial charge in [0.05, 0.1) is 30.8 Å². The van der Waals surface area contributed by atoms with Crippen LogP contribution in [0.25, 0.3) is 28.0 Å². The Labute approximate surface area is 201 Å². The van der Waals surface area contributed by atoms with Crippen LogP contribution in [0.2, 0.25) is 5.02 Å². The number of fused-ring (bicyclic) bond motifs is 1. The van der Waals surface area contributed by atoms with E-state index < -0.39 is 23.2 Å². The molecular formula is C23H16ClF2N7O2. The fourth-order valence-corrected chi connectivity index (χ4v) is 3.77. The van der Waals surface area contributed by atoms with Gasteiger partial charge in [-0.15, -0.1) is 10.2 Å². The summed E-state index contributed by atoms with van der Waals surface area (Å²) < 4.78 is 36.0. The third kappa shape index (κ3) is 4.41. The number of aromatic amines is 1. The van der Waals surface area contributed by atoms with Crippen molar-refractivity contribution in [1.29, 1.82) is 0 Å². The van der Waals surface area contributed by atoms with E-state index in [0.717, 1.165) is 16.8 Å². The van der Waals surface area contributed by atoms with E-state index in [1.807, 2.05) is 0 Å². The molecule has 3 heterocycles. The van der Waals surface area contributed by atoms with Crippen molar-refractivity contribution in [1.82, 2.24) is 30.2 Å². The lowest BCUT2D eigenvalue weighted by atomic mass is 10.1. The Hall–Kier alpha value is -4.38. The molecule has 176 valence electrons. The Balaban J connectivity index is 1.43. The number of anilines is 1. The second kappa shape index (κ2) is 9.11. The van der Waals surface area contributed by atoms with Crippen LogP contribution in [0.3, 0.4) is 0 Å². The van der Waals surface area contributed by atoms with Crippen molar-refractivity contribution in [3.63, 3.8) is 0 Å². The molecule has 2 aromatic carbocycles. The Bertz CT molecular complexity index is 1570. The monoisotopic (exact) mass is 495 g/mol. The summed E-state index contributed by atoms with van der Waals surface area (Å²) in [5.41, 5.74) is 1.33. The number of benzene rings is 2. The SMILES string of the molecule is COc1n[nH]c2ncc(-c3cn(-c4c(F)ccc(NC(=O)Cc5cccc(Cl)c5)c4F)nn3)cc12. The van der Waals surface area contributed by atoms with E-state index in [1.54, 1.807) is 30.3 Å². The maximum atomic E-state index is 15.3. The van der Waals surface area contributed by atoms with Gasteiger partial charge in [-0.3, -0.25) is 9.89 Å². The number of H-pyrrole nitrogens is 1. The van der Waals surface area contributed by atoms with Crippen LogP contribution in [-0.2, 0) is 11.2 Å². The molecule has 5 rings (SSSR count). The van der Waals surface area contributed by atoms with Gasteiger partial charge >= 0.3 is 0 Å². The molecule has 35 heavy (non-hydrogen) atoms. The van der Waals surface area contributed by atoms with Crippen molar-refractivity contribution in [2.24, 2.45) is 0 Å². The summed E-state index contributed by atoms with van der Waals surface area (Å²) in [4.78, 5) is 16.7. The number of methoxy groups -OCH3 is 1. The highest BCUT2D eigenvalue weighted by atomic mass is 35.5. The molecule has 0 fully saturated rings. The summed E-state index contributed by atoms with van der Waals surface area (Å²) in [5, 5.41) is 18.2. The summed E-state index contributed by atoms with van der Waals surface area (Å²) in [6, 6.07) is 10.7. The molecule has 0 aliphatic heterocycles. The number of carbonyl (C=O) groups is 1. The average molecular weight is 496 g/mol. The minimum Gasteiger partial charge on any atom is -0.479 e. The van der Waals surface area contributed by atoms with E-state index in [9.17, 15) is 9.18 Å². The van der Waals surface area contributed by atoms with Crippen LogP contribution in [0.4, 0.5) is 14.5 Å². The summed E-state index contributed by atoms with van der Waals surface area (Å²) >= 11 is 5.94. The number of halogens is 3. The average Bonchev–Trinajstić information content (AvgIpc) is 3.48. The van der Waals surface area contributed by atoms with Gasteiger partial charge < -0.3 is 10.1 Å². The third-order valence-electron chi connectivity index (χ3n) is 5.19. The lowest BCUT2D eigenvalue weighted by molar-refractivity contribution is -0.115. The van der Waals surface area contributed by atoms with Gasteiger partial charge in [0, 0.05) is 16.8 Å². The molecule has 0 aliphatic carbocycles. The summed E-state index contributed by atoms with van der Waals surface area (Å²) in [7, 11) is 1.48. The first-order chi connectivity index (χ1) is 16.9. The van der Waals surface area contributed by atoms with Crippen molar-refractivity contribution in [3.05, 3.63) is 77.1 Å². The number of rotatable bonds is 6. The van der Waals surface area contributed by atoms with Crippen LogP contribution in [0, 0.1) is 11.6 Å². The van der Waals surface area contributed by atoms with Crippen molar-refractivity contribution in [2.75, 3.05) is 12.4 Å². The van der Waals surface area contributed by atoms with Crippen LogP contribution in [0.5, 0.6) is 5.88 Å². The van der Waals surface area contributed by atoms with Gasteiger partial charge in [-0.1, -0.05) is 28.9 Å². The van der Waals surface area contributed by atoms with Gasteiger partial charge in [-0.25, -0.2) is 18.4 Å². The van der Waals surface area contributed by atoms with E-state index in [-0.39, 0.29) is 12.1 Å². The molecule has 1 amide bonds. The van der Waals surface area contributed by atoms with E-state index in [0.29, 0.717) is 38.8 Å². The van der Waals surface area contributed by atoms with Gasteiger partial charge in [0.2, 0.25) is 11.8 Å². The molecule has 3 aromatic heterocycles. The zero-order chi connectivity index (χ0) is 24.5. The normalized spacial score (nSPS) is 11.1. The zero-order valence-corrected chi connectivity index (χ0v) is 18.8. The minimum absolute atomic E-state index is 0.0346. The molecule has 0 atom stereocenters. The number of aromatic nitrogens is 6. The first-order valence-corrected chi connectivity index (χ1v) is 10.6. The van der Waals surface area contributed by atoms with Crippen molar-refractivity contribution < 1.29 is 18.3 Å². The van der Waals surface area contributed by atoms with Crippen molar-refractivity contribution in [2.45, 2.75) is 6.42 Å². The second-order valence-electron chi connectivity index (χ2n) is 7.51. The number of hydrogen-bond acceptors (Lipinski definition) is 6. The topological polar surface area (TPSA) is 111 Å². The molecule has 0 saturated carbocycles. The van der Waals surface area contributed by atoms with Crippen LogP contribution in [-0.4, -0.2) is 43.2 Å². The molecule has 12 heteroatoms. The first-order valence-electron chi connectivity index (χ1n) is 10.3. The van der Waals surface area contributed by atoms with Crippen LogP contribution in [0.1, 0.15) is 5.56 Å². The second-order valence-corrected chi connectivity index (χ2v) is 7.95. The quantitative estimate of drug-likeness (QED) is 0.363. The highest BCUT2D eigenvalue weighted by molar-refractivity contribution is 6.30. The standard InChI is InChI=1S/C23H16ClF2N7O2/c1-35-23-15-9-13(10-27-22(15)30-31-23)18-11-33(32-29-18)21-16(25)5-6-17(20(21)26)28-19(34)8-12-3-2-4-14(24)7-12/h2-7,9-11H,8H2,1H3,(H,28,34)(H,27,30,31). The Morgan fingerprint density at radius 2 is 2.09 bits per heavy atom. The molecular weight excluding hydrogens is 480 g/mol. The molecule has 5 aromatic rings. The van der Waals surface area contributed by atoms with E-state index in [1.165, 1.54) is 19.5 Å². The molecule has 0 radical (unpaired) electrons. The van der Waals surface area contributed by atoms with Crippen molar-refractivity contribution >= 4 is 34.2 Å². The largest absolute Gasteiger partial charge is 0.479 e. The van der Waals surface area contributed by atoms with Gasteiger partial charge in [0.25, 0.3) is 0 Å². The lowest BCUT2D eigenvalue weighted by Crippen LogP contribution is -2.16. The molecule has 9 nitrogen and oxygen atoms in total. The number of pyridine rings is 1. The number of carbonyl (C=O) groups excluding carboxylic acids is 1. The van der Waals surface area contributed by atoms with Crippen LogP contribution >= 0.6 is 11.6 Å². The molecule has 0 unspecified atom stereocenters. The number of nitrogens with zero attached hydrogens (tertiary/aromatic N) is 5. The smallest absolute Gasteiger partial charge is 0.241 e. The molecule has 0 saturated heterocycles. The predicted octanol–water partition coefficient (Wildman–Crippen LogP) is 4.33. The molecule has 0 aliphatic rings. The molecule has 0 spiro atoms. The maximum absolute atomic E-state index is 15.3. The summed E-state index contributed by atoms with van der Waals surface area (Å²) in [6.45, 7) is 0. The predicted molar refractivity (Wildman–Crippen MR) is 124 cm³/mol. The van der Waals surface area contributed by atoms with Gasteiger partial charge in [0.15, 0.2) is 17.3 Å². The van der Waals surface area contributed by atoms with Gasteiger partial charge in [0.1, 0.15) is 11.4 Å². The fourth-order valence-electron chi connectivity index (χ4n) is 3.56. The van der Waals surface area contributed by atoms with Crippen LogP contribution < -0.4 is 10.1 Å². The number of nitrogens with one attached hydrogen (secondary N) is 2. The van der Waals surface area contributed by atoms with Crippen LogP contribution in [0.15, 0.2) is 54.9 Å². The fraction of sp³-hybridized carbons (Fsp3) is 0.0870. The van der Waals surface area contributed by atoms with E-state index >= 15 is 4.39 Å². The lowest BCUT2D eigenvalue weighted by Gasteiger charge is -2.11. The maximum Gasteiger partial charge on any atom is 0.241 e. The Morgan fingerprint density at radius 1 is 1.23 bits per heavy atom. The number of amides is 1. The number of hydrogen-bond donors (Lipinski definition) is 2. The highest BCUT2D eigenvalue weighted by Gasteiger charge is 2.20. The summed E-state index contributed by atoms with van der Waals surface area (Å²) in [5.74, 6) is -2.01. The van der Waals surface area contributed by atoms with E-state index in [4.69, 9.17) is 16.3 Å². The Kier molecular flexibility index (Phi) is 5.83. The molecule has 2 N–H and O–H groups in total. The minimum atomic E-state index is -0.994. The Morgan fingerprint density at radius 3 is 2.89 bits per heavy atom. The van der Waals surface area contributed by atoms with Crippen molar-refractivity contribution in [3.8, 4) is 22.8 Å². The zero-order valence-electron chi connectivity index (χ0n) is 18.1. The van der Waals surface area contributed by atoms with E-state index in [2.05, 4.69) is 30.8 Å².